The zero-order valence-electron chi connectivity index (χ0n) is 22.8. The Morgan fingerprint density at radius 3 is 2.02 bits per heavy atom. The minimum absolute atomic E-state index is 0.0875. The summed E-state index contributed by atoms with van der Waals surface area (Å²) in [5, 5.41) is 111. The van der Waals surface area contributed by atoms with Crippen molar-refractivity contribution in [1.29, 1.82) is 0 Å². The van der Waals surface area contributed by atoms with Crippen LogP contribution in [0.5, 0.6) is 23.0 Å². The molecule has 3 heterocycles. The molecule has 3 aromatic rings. The van der Waals surface area contributed by atoms with Gasteiger partial charge in [-0.2, -0.15) is 0 Å². The number of benzene rings is 2. The molecule has 2 aliphatic heterocycles. The van der Waals surface area contributed by atoms with Crippen molar-refractivity contribution in [2.24, 2.45) is 0 Å². The summed E-state index contributed by atoms with van der Waals surface area (Å²) in [4.78, 5) is 36.4. The van der Waals surface area contributed by atoms with Crippen LogP contribution in [0.15, 0.2) is 45.6 Å². The van der Waals surface area contributed by atoms with Gasteiger partial charge in [0, 0.05) is 23.8 Å². The van der Waals surface area contributed by atoms with Crippen molar-refractivity contribution < 1.29 is 89.1 Å². The van der Waals surface area contributed by atoms with E-state index >= 15 is 0 Å². The molecule has 19 heteroatoms. The van der Waals surface area contributed by atoms with E-state index < -0.39 is 112 Å². The van der Waals surface area contributed by atoms with Crippen LogP contribution in [0.1, 0.15) is 0 Å². The lowest BCUT2D eigenvalue weighted by Crippen LogP contribution is -2.71. The predicted octanol–water partition coefficient (Wildman–Crippen LogP) is -2.92. The lowest BCUT2D eigenvalue weighted by atomic mass is 9.96. The first-order valence-corrected chi connectivity index (χ1v) is 13.1. The second-order valence-corrected chi connectivity index (χ2v) is 10.4. The van der Waals surface area contributed by atoms with Crippen molar-refractivity contribution in [2.75, 3.05) is 0 Å². The number of phenols is 3. The third-order valence-electron chi connectivity index (χ3n) is 7.28. The van der Waals surface area contributed by atoms with Gasteiger partial charge in [-0.25, -0.2) is 9.59 Å². The molecule has 2 aromatic carbocycles. The Kier molecular flexibility index (Phi) is 8.55. The third kappa shape index (κ3) is 5.66. The normalized spacial score (nSPS) is 33.0. The summed E-state index contributed by atoms with van der Waals surface area (Å²) in [6.45, 7) is 0. The number of carbonyl (C=O) groups is 2. The molecule has 2 saturated heterocycles. The van der Waals surface area contributed by atoms with Crippen LogP contribution in [0.25, 0.3) is 22.3 Å². The van der Waals surface area contributed by atoms with Crippen LogP contribution in [-0.2, 0) is 23.8 Å². The van der Waals surface area contributed by atoms with Gasteiger partial charge in [0.1, 0.15) is 58.7 Å². The highest BCUT2D eigenvalue weighted by Gasteiger charge is 2.62. The van der Waals surface area contributed by atoms with Crippen molar-refractivity contribution in [3.05, 3.63) is 46.6 Å². The van der Waals surface area contributed by atoms with E-state index in [1.54, 1.807) is 0 Å². The Hall–Kier alpha value is -4.57. The molecule has 248 valence electrons. The van der Waals surface area contributed by atoms with E-state index in [0.717, 1.165) is 30.3 Å². The van der Waals surface area contributed by atoms with E-state index in [0.29, 0.717) is 0 Å². The molecule has 2 aliphatic rings. The number of aliphatic hydroxyl groups is 6. The second kappa shape index (κ2) is 12.0. The topological polar surface area (TPSA) is 324 Å². The molecule has 2 unspecified atom stereocenters. The van der Waals surface area contributed by atoms with Crippen LogP contribution < -0.4 is 10.2 Å². The van der Waals surface area contributed by atoms with E-state index in [1.165, 1.54) is 6.07 Å². The molecule has 2 fully saturated rings. The quantitative estimate of drug-likeness (QED) is 0.0898. The zero-order valence-corrected chi connectivity index (χ0v) is 22.8. The third-order valence-corrected chi connectivity index (χ3v) is 7.28. The Balaban J connectivity index is 1.62. The van der Waals surface area contributed by atoms with Crippen LogP contribution >= 0.6 is 0 Å². The van der Waals surface area contributed by atoms with Gasteiger partial charge in [-0.1, -0.05) is 0 Å². The Morgan fingerprint density at radius 1 is 0.739 bits per heavy atom. The maximum atomic E-state index is 12.9. The number of carboxylic acid groups (broad SMARTS) is 2. The largest absolute Gasteiger partial charge is 0.507 e. The molecule has 5 rings (SSSR count). The first-order chi connectivity index (χ1) is 21.5. The number of hydrogen-bond donors (Lipinski definition) is 11. The maximum absolute atomic E-state index is 12.9. The SMILES string of the molecule is O=C(O)[C@H]1OC(Oc2cc(O)c3c(=O)cc(-c4ccc(O)c(O)c4)oc3c2)(OC2O[C@H](C(=O)O)[C@@H](O)[C@H](O)[C@H]2O)[C@H](O)[C@@H](O)[C@@H]1O. The standard InChI is InChI=1S/C27H26O19/c28-9-2-1-7(3-10(9)29)13-6-12(31)15-11(30)4-8(5-14(15)42-13)44-27(23(37)19(35)18(34)22(45-27)25(40)41)46-26-20(36)16(32)17(33)21(43-26)24(38)39/h1-6,16-23,26,28-30,32-37H,(H,38,39)(H,40,41)/t16-,17-,18-,19-,20+,21-,22-,23+,26?,27?/m0/s1. The summed E-state index contributed by atoms with van der Waals surface area (Å²) >= 11 is 0. The number of aromatic hydroxyl groups is 3. The Morgan fingerprint density at radius 2 is 1.39 bits per heavy atom. The molecule has 10 atom stereocenters. The van der Waals surface area contributed by atoms with Crippen molar-refractivity contribution in [3.63, 3.8) is 0 Å². The maximum Gasteiger partial charge on any atom is 0.360 e. The first-order valence-electron chi connectivity index (χ1n) is 13.1. The average Bonchev–Trinajstić information content (AvgIpc) is 2.98. The van der Waals surface area contributed by atoms with E-state index in [9.17, 15) is 70.6 Å². The molecule has 0 amide bonds. The van der Waals surface area contributed by atoms with Gasteiger partial charge in [0.25, 0.3) is 0 Å². The van der Waals surface area contributed by atoms with E-state index in [4.69, 9.17) is 23.4 Å². The minimum atomic E-state index is -3.36. The number of rotatable bonds is 7. The molecule has 0 aliphatic carbocycles. The molecule has 0 radical (unpaired) electrons. The second-order valence-electron chi connectivity index (χ2n) is 10.4. The van der Waals surface area contributed by atoms with Crippen LogP contribution in [0.3, 0.4) is 0 Å². The number of ether oxygens (including phenoxy) is 4. The fourth-order valence-electron chi connectivity index (χ4n) is 4.89. The monoisotopic (exact) mass is 654 g/mol. The lowest BCUT2D eigenvalue weighted by molar-refractivity contribution is -0.472. The van der Waals surface area contributed by atoms with Crippen molar-refractivity contribution in [2.45, 2.75) is 61.1 Å². The van der Waals surface area contributed by atoms with Gasteiger partial charge in [0.2, 0.25) is 0 Å². The predicted molar refractivity (Wildman–Crippen MR) is 142 cm³/mol. The highest BCUT2D eigenvalue weighted by molar-refractivity contribution is 5.86. The summed E-state index contributed by atoms with van der Waals surface area (Å²) in [5.74, 6) is -9.87. The van der Waals surface area contributed by atoms with E-state index in [1.807, 2.05) is 0 Å². The van der Waals surface area contributed by atoms with Crippen molar-refractivity contribution in [1.82, 2.24) is 0 Å². The van der Waals surface area contributed by atoms with Crippen LogP contribution in [0, 0.1) is 0 Å². The van der Waals surface area contributed by atoms with Gasteiger partial charge in [-0.05, 0) is 18.2 Å². The molecule has 0 saturated carbocycles. The summed E-state index contributed by atoms with van der Waals surface area (Å²) < 4.78 is 26.9. The molecule has 0 spiro atoms. The summed E-state index contributed by atoms with van der Waals surface area (Å²) in [7, 11) is 0. The van der Waals surface area contributed by atoms with Crippen molar-refractivity contribution >= 4 is 22.9 Å². The van der Waals surface area contributed by atoms with Crippen molar-refractivity contribution in [3.8, 4) is 34.3 Å². The lowest BCUT2D eigenvalue weighted by Gasteiger charge is -2.48. The van der Waals surface area contributed by atoms with Gasteiger partial charge < -0.3 is 70.1 Å². The zero-order chi connectivity index (χ0) is 33.8. The molecule has 46 heavy (non-hydrogen) atoms. The van der Waals surface area contributed by atoms with E-state index in [2.05, 4.69) is 0 Å². The van der Waals surface area contributed by atoms with Gasteiger partial charge in [-0.15, -0.1) is 0 Å². The fraction of sp³-hybridized carbons (Fsp3) is 0.370. The number of phenolic OH excluding ortho intramolecular Hbond substituents is 3. The Labute approximate surface area is 254 Å². The van der Waals surface area contributed by atoms with Crippen LogP contribution in [-0.4, -0.2) is 129 Å². The summed E-state index contributed by atoms with van der Waals surface area (Å²) in [6, 6.07) is 6.00. The average molecular weight is 654 g/mol. The number of fused-ring (bicyclic) bond motifs is 1. The van der Waals surface area contributed by atoms with Gasteiger partial charge in [0.05, 0.1) is 0 Å². The van der Waals surface area contributed by atoms with Crippen LogP contribution in [0.2, 0.25) is 0 Å². The highest BCUT2D eigenvalue weighted by Crippen LogP contribution is 2.40. The fourth-order valence-corrected chi connectivity index (χ4v) is 4.89. The molecule has 19 nitrogen and oxygen atoms in total. The number of aliphatic hydroxyl groups excluding tert-OH is 6. The molecule has 0 bridgehead atoms. The Bertz CT molecular complexity index is 1720. The van der Waals surface area contributed by atoms with Gasteiger partial charge in [-0.3, -0.25) is 14.3 Å². The van der Waals surface area contributed by atoms with Gasteiger partial charge >= 0.3 is 17.9 Å². The minimum Gasteiger partial charge on any atom is -0.507 e. The van der Waals surface area contributed by atoms with E-state index in [-0.39, 0.29) is 11.3 Å². The number of aliphatic carboxylic acids is 2. The first kappa shape index (κ1) is 32.8. The van der Waals surface area contributed by atoms with Gasteiger partial charge in [0.15, 0.2) is 41.5 Å². The summed E-state index contributed by atoms with van der Waals surface area (Å²) in [6.07, 6.45) is -21.3. The molecule has 11 N–H and O–H groups in total. The number of hydrogen-bond acceptors (Lipinski definition) is 17. The molecular formula is C27H26O19. The highest BCUT2D eigenvalue weighted by atomic mass is 16.9. The van der Waals surface area contributed by atoms with Crippen LogP contribution in [0.4, 0.5) is 0 Å². The number of carboxylic acids is 2. The smallest absolute Gasteiger partial charge is 0.360 e. The molecular weight excluding hydrogens is 628 g/mol. The molecule has 1 aromatic heterocycles. The summed E-state index contributed by atoms with van der Waals surface area (Å²) in [5.41, 5.74) is -1.16.